The fourth-order valence-corrected chi connectivity index (χ4v) is 2.00. The Balaban J connectivity index is 1.64. The summed E-state index contributed by atoms with van der Waals surface area (Å²) < 4.78 is 18.7. The molecule has 0 aliphatic heterocycles. The average molecular weight is 298 g/mol. The molecule has 0 fully saturated rings. The molecule has 0 saturated heterocycles. The standard InChI is InChI=1S/C16H15FN4O/c17-14-7-5-12(6-8-14)10-22-15-4-2-1-3-13(15)9-18-16-19-11-20-21-16/h1-8,11H,9-10H2,(H2,18,19,20,21). The largest absolute Gasteiger partial charge is 0.489 e. The van der Waals surface area contributed by atoms with E-state index in [0.717, 1.165) is 16.9 Å². The van der Waals surface area contributed by atoms with E-state index in [1.54, 1.807) is 12.1 Å². The topological polar surface area (TPSA) is 62.8 Å². The number of aromatic amines is 1. The Bertz CT molecular complexity index is 713. The highest BCUT2D eigenvalue weighted by molar-refractivity contribution is 5.36. The zero-order valence-electron chi connectivity index (χ0n) is 11.8. The lowest BCUT2D eigenvalue weighted by Gasteiger charge is -2.12. The van der Waals surface area contributed by atoms with Crippen LogP contribution in [0.5, 0.6) is 5.75 Å². The molecule has 22 heavy (non-hydrogen) atoms. The third-order valence-electron chi connectivity index (χ3n) is 3.14. The molecule has 6 heteroatoms. The lowest BCUT2D eigenvalue weighted by molar-refractivity contribution is 0.303. The van der Waals surface area contributed by atoms with Crippen molar-refractivity contribution < 1.29 is 9.13 Å². The molecule has 0 radical (unpaired) electrons. The maximum absolute atomic E-state index is 12.9. The summed E-state index contributed by atoms with van der Waals surface area (Å²) in [6.45, 7) is 0.953. The van der Waals surface area contributed by atoms with Crippen LogP contribution in [0.1, 0.15) is 11.1 Å². The summed E-state index contributed by atoms with van der Waals surface area (Å²) in [4.78, 5) is 4.01. The van der Waals surface area contributed by atoms with Crippen LogP contribution < -0.4 is 10.1 Å². The van der Waals surface area contributed by atoms with E-state index in [1.807, 2.05) is 24.3 Å². The van der Waals surface area contributed by atoms with Crippen molar-refractivity contribution in [3.05, 3.63) is 71.8 Å². The zero-order chi connectivity index (χ0) is 15.2. The Labute approximate surface area is 127 Å². The minimum Gasteiger partial charge on any atom is -0.489 e. The van der Waals surface area contributed by atoms with Gasteiger partial charge in [-0.3, -0.25) is 0 Å². The van der Waals surface area contributed by atoms with Crippen LogP contribution in [-0.2, 0) is 13.2 Å². The molecule has 1 aromatic heterocycles. The highest BCUT2D eigenvalue weighted by Gasteiger charge is 2.04. The molecule has 0 unspecified atom stereocenters. The van der Waals surface area contributed by atoms with Gasteiger partial charge in [0, 0.05) is 12.1 Å². The maximum Gasteiger partial charge on any atom is 0.218 e. The molecular weight excluding hydrogens is 283 g/mol. The number of ether oxygens (including phenoxy) is 1. The van der Waals surface area contributed by atoms with Crippen LogP contribution in [-0.4, -0.2) is 15.2 Å². The van der Waals surface area contributed by atoms with E-state index in [2.05, 4.69) is 20.5 Å². The number of nitrogens with zero attached hydrogens (tertiary/aromatic N) is 2. The summed E-state index contributed by atoms with van der Waals surface area (Å²) in [6.07, 6.45) is 1.44. The van der Waals surface area contributed by atoms with Crippen LogP contribution in [0.3, 0.4) is 0 Å². The quantitative estimate of drug-likeness (QED) is 0.734. The number of H-pyrrole nitrogens is 1. The molecule has 0 saturated carbocycles. The summed E-state index contributed by atoms with van der Waals surface area (Å²) in [5, 5.41) is 9.65. The molecule has 3 rings (SSSR count). The molecule has 112 valence electrons. The van der Waals surface area contributed by atoms with Crippen molar-refractivity contribution in [2.24, 2.45) is 0 Å². The van der Waals surface area contributed by atoms with Crippen molar-refractivity contribution in [1.82, 2.24) is 15.2 Å². The number of rotatable bonds is 6. The molecule has 0 aliphatic rings. The van der Waals surface area contributed by atoms with E-state index < -0.39 is 0 Å². The first kappa shape index (κ1) is 14.1. The average Bonchev–Trinajstić information content (AvgIpc) is 3.07. The molecule has 2 aromatic carbocycles. The lowest BCUT2D eigenvalue weighted by Crippen LogP contribution is -2.04. The minimum atomic E-state index is -0.250. The predicted molar refractivity (Wildman–Crippen MR) is 80.9 cm³/mol. The summed E-state index contributed by atoms with van der Waals surface area (Å²) in [6, 6.07) is 14.0. The Hall–Kier alpha value is -2.89. The normalized spacial score (nSPS) is 10.4. The van der Waals surface area contributed by atoms with Crippen LogP contribution in [0.25, 0.3) is 0 Å². The number of nitrogens with one attached hydrogen (secondary N) is 2. The van der Waals surface area contributed by atoms with Gasteiger partial charge in [0.1, 0.15) is 24.5 Å². The Morgan fingerprint density at radius 2 is 1.91 bits per heavy atom. The lowest BCUT2D eigenvalue weighted by atomic mass is 10.2. The third-order valence-corrected chi connectivity index (χ3v) is 3.14. The van der Waals surface area contributed by atoms with Crippen molar-refractivity contribution >= 4 is 5.95 Å². The second-order valence-electron chi connectivity index (χ2n) is 4.71. The van der Waals surface area contributed by atoms with Crippen LogP contribution in [0.15, 0.2) is 54.9 Å². The second-order valence-corrected chi connectivity index (χ2v) is 4.71. The SMILES string of the molecule is Fc1ccc(COc2ccccc2CNc2ncn[nH]2)cc1. The van der Waals surface area contributed by atoms with E-state index in [-0.39, 0.29) is 5.82 Å². The molecule has 3 aromatic rings. The van der Waals surface area contributed by atoms with Gasteiger partial charge < -0.3 is 10.1 Å². The van der Waals surface area contributed by atoms with Gasteiger partial charge in [-0.25, -0.2) is 14.5 Å². The van der Waals surface area contributed by atoms with E-state index in [1.165, 1.54) is 18.5 Å². The van der Waals surface area contributed by atoms with Gasteiger partial charge in [-0.05, 0) is 23.8 Å². The number of benzene rings is 2. The molecule has 2 N–H and O–H groups in total. The molecule has 0 amide bonds. The monoisotopic (exact) mass is 298 g/mol. The van der Waals surface area contributed by atoms with Gasteiger partial charge in [0.05, 0.1) is 0 Å². The first-order valence-electron chi connectivity index (χ1n) is 6.85. The van der Waals surface area contributed by atoms with Crippen LogP contribution in [0.2, 0.25) is 0 Å². The van der Waals surface area contributed by atoms with E-state index in [0.29, 0.717) is 19.1 Å². The van der Waals surface area contributed by atoms with Crippen molar-refractivity contribution in [2.75, 3.05) is 5.32 Å². The molecule has 0 aliphatic carbocycles. The molecule has 0 spiro atoms. The highest BCUT2D eigenvalue weighted by atomic mass is 19.1. The van der Waals surface area contributed by atoms with E-state index in [9.17, 15) is 4.39 Å². The zero-order valence-corrected chi connectivity index (χ0v) is 11.8. The Kier molecular flexibility index (Phi) is 4.29. The van der Waals surface area contributed by atoms with Crippen molar-refractivity contribution in [1.29, 1.82) is 0 Å². The van der Waals surface area contributed by atoms with Gasteiger partial charge in [0.2, 0.25) is 5.95 Å². The first-order chi connectivity index (χ1) is 10.8. The Morgan fingerprint density at radius 3 is 2.68 bits per heavy atom. The van der Waals surface area contributed by atoms with Gasteiger partial charge in [0.25, 0.3) is 0 Å². The number of para-hydroxylation sites is 1. The van der Waals surface area contributed by atoms with Gasteiger partial charge in [-0.1, -0.05) is 30.3 Å². The summed E-state index contributed by atoms with van der Waals surface area (Å²) in [5.74, 6) is 1.13. The first-order valence-corrected chi connectivity index (χ1v) is 6.85. The second kappa shape index (κ2) is 6.71. The maximum atomic E-state index is 12.9. The minimum absolute atomic E-state index is 0.250. The van der Waals surface area contributed by atoms with Crippen molar-refractivity contribution in [2.45, 2.75) is 13.2 Å². The van der Waals surface area contributed by atoms with Crippen molar-refractivity contribution in [3.63, 3.8) is 0 Å². The van der Waals surface area contributed by atoms with Gasteiger partial charge >= 0.3 is 0 Å². The summed E-state index contributed by atoms with van der Waals surface area (Å²) in [7, 11) is 0. The number of anilines is 1. The highest BCUT2D eigenvalue weighted by Crippen LogP contribution is 2.20. The summed E-state index contributed by atoms with van der Waals surface area (Å²) in [5.41, 5.74) is 1.92. The van der Waals surface area contributed by atoms with Crippen LogP contribution in [0, 0.1) is 5.82 Å². The molecule has 1 heterocycles. The van der Waals surface area contributed by atoms with Gasteiger partial charge in [0.15, 0.2) is 0 Å². The third kappa shape index (κ3) is 3.60. The molecule has 0 atom stereocenters. The fraction of sp³-hybridized carbons (Fsp3) is 0.125. The predicted octanol–water partition coefficient (Wildman–Crippen LogP) is 3.13. The molecule has 0 bridgehead atoms. The number of hydrogen-bond acceptors (Lipinski definition) is 4. The van der Waals surface area contributed by atoms with E-state index in [4.69, 9.17) is 4.74 Å². The fourth-order valence-electron chi connectivity index (χ4n) is 2.00. The van der Waals surface area contributed by atoms with Crippen LogP contribution >= 0.6 is 0 Å². The van der Waals surface area contributed by atoms with Crippen molar-refractivity contribution in [3.8, 4) is 5.75 Å². The summed E-state index contributed by atoms with van der Waals surface area (Å²) >= 11 is 0. The molecule has 5 nitrogen and oxygen atoms in total. The smallest absolute Gasteiger partial charge is 0.218 e. The number of hydrogen-bond donors (Lipinski definition) is 2. The van der Waals surface area contributed by atoms with Gasteiger partial charge in [-0.2, -0.15) is 5.10 Å². The van der Waals surface area contributed by atoms with Crippen LogP contribution in [0.4, 0.5) is 10.3 Å². The van der Waals surface area contributed by atoms with E-state index >= 15 is 0 Å². The number of halogens is 1. The Morgan fingerprint density at radius 1 is 1.09 bits per heavy atom. The number of aromatic nitrogens is 3. The molecular formula is C16H15FN4O. The van der Waals surface area contributed by atoms with Gasteiger partial charge in [-0.15, -0.1) is 0 Å².